The van der Waals surface area contributed by atoms with Crippen LogP contribution in [0.1, 0.15) is 0 Å². The highest BCUT2D eigenvalue weighted by atomic mass is 79.9. The van der Waals surface area contributed by atoms with Gasteiger partial charge in [0.2, 0.25) is 5.91 Å². The molecule has 4 nitrogen and oxygen atoms in total. The van der Waals surface area contributed by atoms with Crippen LogP contribution in [-0.2, 0) is 9.53 Å². The fourth-order valence-corrected chi connectivity index (χ4v) is 0.865. The van der Waals surface area contributed by atoms with Gasteiger partial charge in [-0.1, -0.05) is 22.5 Å². The quantitative estimate of drug-likeness (QED) is 0.637. The fraction of sp³-hybridized carbons (Fsp3) is 0.625. The van der Waals surface area contributed by atoms with Crippen LogP contribution in [0.5, 0.6) is 0 Å². The van der Waals surface area contributed by atoms with Crippen molar-refractivity contribution in [1.82, 2.24) is 10.6 Å². The van der Waals surface area contributed by atoms with E-state index in [4.69, 9.17) is 4.74 Å². The first kappa shape index (κ1) is 12.6. The lowest BCUT2D eigenvalue weighted by atomic mass is 10.5. The van der Waals surface area contributed by atoms with Crippen molar-refractivity contribution in [3.63, 3.8) is 0 Å². The molecule has 76 valence electrons. The molecule has 1 amide bonds. The topological polar surface area (TPSA) is 50.4 Å². The van der Waals surface area contributed by atoms with Crippen LogP contribution in [-0.4, -0.2) is 39.3 Å². The van der Waals surface area contributed by atoms with Crippen LogP contribution < -0.4 is 10.6 Å². The second kappa shape index (κ2) is 8.22. The molecule has 0 aromatic heterocycles. The smallest absolute Gasteiger partial charge is 0.234 e. The lowest BCUT2D eigenvalue weighted by molar-refractivity contribution is -0.120. The Morgan fingerprint density at radius 2 is 2.23 bits per heavy atom. The zero-order valence-electron chi connectivity index (χ0n) is 7.73. The molecule has 0 aromatic carbocycles. The number of rotatable bonds is 7. The van der Waals surface area contributed by atoms with E-state index in [0.717, 1.165) is 4.48 Å². The first-order valence-electron chi connectivity index (χ1n) is 3.96. The fourth-order valence-electron chi connectivity index (χ4n) is 0.667. The highest BCUT2D eigenvalue weighted by Gasteiger charge is 1.98. The Labute approximate surface area is 86.8 Å². The summed E-state index contributed by atoms with van der Waals surface area (Å²) in [5.74, 6) is -0.0363. The van der Waals surface area contributed by atoms with Gasteiger partial charge in [0, 0.05) is 24.7 Å². The van der Waals surface area contributed by atoms with Crippen molar-refractivity contribution in [2.24, 2.45) is 0 Å². The van der Waals surface area contributed by atoms with E-state index in [1.54, 1.807) is 7.11 Å². The molecule has 0 aliphatic heterocycles. The molecule has 0 fully saturated rings. The van der Waals surface area contributed by atoms with Gasteiger partial charge >= 0.3 is 0 Å². The van der Waals surface area contributed by atoms with Gasteiger partial charge in [-0.05, 0) is 0 Å². The number of carbonyl (C=O) groups is 1. The van der Waals surface area contributed by atoms with Crippen molar-refractivity contribution < 1.29 is 9.53 Å². The summed E-state index contributed by atoms with van der Waals surface area (Å²) in [4.78, 5) is 11.0. The first-order chi connectivity index (χ1) is 6.16. The van der Waals surface area contributed by atoms with Crippen molar-refractivity contribution in [2.45, 2.75) is 0 Å². The summed E-state index contributed by atoms with van der Waals surface area (Å²) in [5.41, 5.74) is 0. The molecule has 0 aliphatic carbocycles. The van der Waals surface area contributed by atoms with Crippen molar-refractivity contribution >= 4 is 21.8 Å². The predicted molar refractivity (Wildman–Crippen MR) is 55.8 cm³/mol. The van der Waals surface area contributed by atoms with Crippen molar-refractivity contribution in [3.05, 3.63) is 11.1 Å². The molecule has 0 saturated heterocycles. The molecule has 0 aromatic rings. The standard InChI is InChI=1S/C8H15BrN2O2/c1-7(9)5-10-6-8(12)11-3-4-13-2/h10H,1,3-6H2,2H3,(H,11,12). The average molecular weight is 251 g/mol. The Bertz CT molecular complexity index is 174. The molecular weight excluding hydrogens is 236 g/mol. The molecule has 0 aliphatic rings. The monoisotopic (exact) mass is 250 g/mol. The van der Waals surface area contributed by atoms with Gasteiger partial charge in [-0.25, -0.2) is 0 Å². The maximum Gasteiger partial charge on any atom is 0.234 e. The number of halogens is 1. The van der Waals surface area contributed by atoms with E-state index in [-0.39, 0.29) is 5.91 Å². The van der Waals surface area contributed by atoms with Gasteiger partial charge in [0.1, 0.15) is 0 Å². The SMILES string of the molecule is C=C(Br)CNCC(=O)NCCOC. The third-order valence-corrected chi connectivity index (χ3v) is 1.51. The van der Waals surface area contributed by atoms with Crippen LogP contribution >= 0.6 is 15.9 Å². The Morgan fingerprint density at radius 1 is 1.54 bits per heavy atom. The lowest BCUT2D eigenvalue weighted by Gasteiger charge is -2.05. The number of ether oxygens (including phenoxy) is 1. The van der Waals surface area contributed by atoms with E-state index in [2.05, 4.69) is 33.1 Å². The third kappa shape index (κ3) is 9.52. The van der Waals surface area contributed by atoms with Crippen LogP contribution in [0, 0.1) is 0 Å². The van der Waals surface area contributed by atoms with Gasteiger partial charge in [-0.2, -0.15) is 0 Å². The zero-order chi connectivity index (χ0) is 10.1. The van der Waals surface area contributed by atoms with Crippen molar-refractivity contribution in [3.8, 4) is 0 Å². The summed E-state index contributed by atoms with van der Waals surface area (Å²) in [6.45, 7) is 5.61. The molecule has 0 saturated carbocycles. The number of methoxy groups -OCH3 is 1. The zero-order valence-corrected chi connectivity index (χ0v) is 9.32. The van der Waals surface area contributed by atoms with Crippen LogP contribution in [0.15, 0.2) is 11.1 Å². The molecule has 0 rings (SSSR count). The summed E-state index contributed by atoms with van der Waals surface area (Å²) < 4.78 is 5.61. The molecule has 5 heteroatoms. The van der Waals surface area contributed by atoms with Gasteiger partial charge in [0.15, 0.2) is 0 Å². The summed E-state index contributed by atoms with van der Waals surface area (Å²) in [5, 5.41) is 5.60. The molecule has 0 radical (unpaired) electrons. The van der Waals surface area contributed by atoms with Crippen molar-refractivity contribution in [2.75, 3.05) is 33.4 Å². The Balaban J connectivity index is 3.25. The Kier molecular flexibility index (Phi) is 7.97. The largest absolute Gasteiger partial charge is 0.383 e. The van der Waals surface area contributed by atoms with Gasteiger partial charge < -0.3 is 15.4 Å². The molecule has 0 spiro atoms. The van der Waals surface area contributed by atoms with E-state index in [1.165, 1.54) is 0 Å². The van der Waals surface area contributed by atoms with Gasteiger partial charge in [-0.3, -0.25) is 4.79 Å². The molecule has 0 bridgehead atoms. The minimum absolute atomic E-state index is 0.0363. The third-order valence-electron chi connectivity index (χ3n) is 1.23. The van der Waals surface area contributed by atoms with Gasteiger partial charge in [0.05, 0.1) is 13.2 Å². The molecule has 0 heterocycles. The minimum atomic E-state index is -0.0363. The Morgan fingerprint density at radius 3 is 2.77 bits per heavy atom. The highest BCUT2D eigenvalue weighted by Crippen LogP contribution is 1.95. The summed E-state index contributed by atoms with van der Waals surface area (Å²) >= 11 is 3.18. The van der Waals surface area contributed by atoms with Crippen LogP contribution in [0.3, 0.4) is 0 Å². The Hall–Kier alpha value is -0.390. The van der Waals surface area contributed by atoms with Crippen LogP contribution in [0.4, 0.5) is 0 Å². The average Bonchev–Trinajstić information content (AvgIpc) is 2.04. The summed E-state index contributed by atoms with van der Waals surface area (Å²) in [6.07, 6.45) is 0. The maximum atomic E-state index is 11.0. The molecule has 13 heavy (non-hydrogen) atoms. The predicted octanol–water partition coefficient (Wildman–Crippen LogP) is 0.247. The molecule has 0 unspecified atom stereocenters. The number of amides is 1. The molecular formula is C8H15BrN2O2. The molecule has 2 N–H and O–H groups in total. The molecule has 0 atom stereocenters. The minimum Gasteiger partial charge on any atom is -0.383 e. The van der Waals surface area contributed by atoms with E-state index >= 15 is 0 Å². The summed E-state index contributed by atoms with van der Waals surface area (Å²) in [7, 11) is 1.60. The second-order valence-corrected chi connectivity index (χ2v) is 3.59. The lowest BCUT2D eigenvalue weighted by Crippen LogP contribution is -2.35. The van der Waals surface area contributed by atoms with E-state index in [9.17, 15) is 4.79 Å². The normalized spacial score (nSPS) is 9.69. The number of hydrogen-bond donors (Lipinski definition) is 2. The number of hydrogen-bond acceptors (Lipinski definition) is 3. The van der Waals surface area contributed by atoms with E-state index in [0.29, 0.717) is 26.2 Å². The highest BCUT2D eigenvalue weighted by molar-refractivity contribution is 9.11. The van der Waals surface area contributed by atoms with Gasteiger partial charge in [-0.15, -0.1) is 0 Å². The van der Waals surface area contributed by atoms with Crippen molar-refractivity contribution in [1.29, 1.82) is 0 Å². The van der Waals surface area contributed by atoms with Gasteiger partial charge in [0.25, 0.3) is 0 Å². The maximum absolute atomic E-state index is 11.0. The van der Waals surface area contributed by atoms with Crippen LogP contribution in [0.2, 0.25) is 0 Å². The van der Waals surface area contributed by atoms with E-state index < -0.39 is 0 Å². The van der Waals surface area contributed by atoms with Crippen LogP contribution in [0.25, 0.3) is 0 Å². The number of carbonyl (C=O) groups excluding carboxylic acids is 1. The first-order valence-corrected chi connectivity index (χ1v) is 4.75. The second-order valence-electron chi connectivity index (χ2n) is 2.46. The number of nitrogens with one attached hydrogen (secondary N) is 2. The van der Waals surface area contributed by atoms with E-state index in [1.807, 2.05) is 0 Å². The summed E-state index contributed by atoms with van der Waals surface area (Å²) in [6, 6.07) is 0.